The lowest BCUT2D eigenvalue weighted by atomic mass is 10.1. The summed E-state index contributed by atoms with van der Waals surface area (Å²) in [4.78, 5) is 18.3. The van der Waals surface area contributed by atoms with Crippen LogP contribution in [0.1, 0.15) is 35.9 Å². The Morgan fingerprint density at radius 3 is 2.24 bits per heavy atom. The van der Waals surface area contributed by atoms with Crippen LogP contribution in [-0.4, -0.2) is 27.6 Å². The zero-order chi connectivity index (χ0) is 23.8. The summed E-state index contributed by atoms with van der Waals surface area (Å²) in [5.41, 5.74) is -2.97. The Morgan fingerprint density at radius 1 is 1.00 bits per heavy atom. The van der Waals surface area contributed by atoms with Crippen LogP contribution in [-0.2, 0) is 12.4 Å². The molecule has 33 heavy (non-hydrogen) atoms. The van der Waals surface area contributed by atoms with Crippen molar-refractivity contribution in [3.05, 3.63) is 65.5 Å². The molecule has 0 radical (unpaired) electrons. The molecule has 1 aliphatic heterocycles. The Morgan fingerprint density at radius 2 is 1.64 bits per heavy atom. The van der Waals surface area contributed by atoms with E-state index in [1.807, 2.05) is 6.07 Å². The highest BCUT2D eigenvalue weighted by Crippen LogP contribution is 2.38. The van der Waals surface area contributed by atoms with Crippen LogP contribution in [0, 0.1) is 0 Å². The van der Waals surface area contributed by atoms with Crippen molar-refractivity contribution in [3.8, 4) is 11.4 Å². The molecule has 0 bridgehead atoms. The molecule has 2 heterocycles. The minimum Gasteiger partial charge on any atom is -0.337 e. The van der Waals surface area contributed by atoms with Gasteiger partial charge in [-0.25, -0.2) is 4.79 Å². The van der Waals surface area contributed by atoms with Gasteiger partial charge in [0, 0.05) is 17.8 Å². The lowest BCUT2D eigenvalue weighted by Gasteiger charge is -2.23. The molecular weight excluding hydrogens is 454 g/mol. The molecule has 0 spiro atoms. The number of carbonyl (C=O) groups excluding carboxylic acids is 1. The number of carbonyl (C=O) groups is 1. The van der Waals surface area contributed by atoms with E-state index in [1.165, 1.54) is 4.90 Å². The molecular formula is C21H16F6N4O2. The third-order valence-corrected chi connectivity index (χ3v) is 5.11. The van der Waals surface area contributed by atoms with E-state index in [4.69, 9.17) is 4.52 Å². The summed E-state index contributed by atoms with van der Waals surface area (Å²) in [5.74, 6) is 0.423. The number of urea groups is 1. The van der Waals surface area contributed by atoms with Crippen LogP contribution in [0.15, 0.2) is 53.1 Å². The van der Waals surface area contributed by atoms with Gasteiger partial charge in [0.1, 0.15) is 6.04 Å². The summed E-state index contributed by atoms with van der Waals surface area (Å²) in [6, 6.07) is 8.28. The number of nitrogens with one attached hydrogen (secondary N) is 1. The normalized spacial score (nSPS) is 16.8. The molecule has 3 aromatic rings. The second-order valence-corrected chi connectivity index (χ2v) is 7.40. The fraction of sp³-hybridized carbons (Fsp3) is 0.286. The van der Waals surface area contributed by atoms with Gasteiger partial charge in [0.25, 0.3) is 0 Å². The van der Waals surface area contributed by atoms with Crippen LogP contribution in [0.2, 0.25) is 0 Å². The Bertz CT molecular complexity index is 1110. The summed E-state index contributed by atoms with van der Waals surface area (Å²) >= 11 is 0. The number of hydrogen-bond acceptors (Lipinski definition) is 4. The molecule has 1 saturated heterocycles. The van der Waals surface area contributed by atoms with Gasteiger partial charge in [0.2, 0.25) is 11.7 Å². The molecule has 2 amide bonds. The molecule has 12 heteroatoms. The minimum absolute atomic E-state index is 0.00212. The van der Waals surface area contributed by atoms with Crippen molar-refractivity contribution >= 4 is 11.7 Å². The standard InChI is InChI=1S/C21H16F6N4O2/c22-20(23,24)13-9-14(21(25,26)27)11-15(10-13)28-19(32)31-8-4-7-16(31)18-29-17(30-33-18)12-5-2-1-3-6-12/h1-3,5-6,9-11,16H,4,7-8H2,(H,28,32). The number of anilines is 1. The smallest absolute Gasteiger partial charge is 0.337 e. The average molecular weight is 470 g/mol. The maximum Gasteiger partial charge on any atom is 0.416 e. The predicted molar refractivity (Wildman–Crippen MR) is 104 cm³/mol. The Balaban J connectivity index is 1.57. The van der Waals surface area contributed by atoms with Crippen molar-refractivity contribution in [1.29, 1.82) is 0 Å². The summed E-state index contributed by atoms with van der Waals surface area (Å²) in [6.07, 6.45) is -9.05. The highest BCUT2D eigenvalue weighted by Gasteiger charge is 2.38. The van der Waals surface area contributed by atoms with Gasteiger partial charge >= 0.3 is 18.4 Å². The van der Waals surface area contributed by atoms with E-state index >= 15 is 0 Å². The first-order valence-electron chi connectivity index (χ1n) is 9.78. The number of hydrogen-bond donors (Lipinski definition) is 1. The average Bonchev–Trinajstić information content (AvgIpc) is 3.42. The van der Waals surface area contributed by atoms with Gasteiger partial charge in [0.15, 0.2) is 0 Å². The van der Waals surface area contributed by atoms with E-state index in [-0.39, 0.29) is 18.5 Å². The molecule has 2 aromatic carbocycles. The van der Waals surface area contributed by atoms with Crippen molar-refractivity contribution in [2.75, 3.05) is 11.9 Å². The minimum atomic E-state index is -5.02. The molecule has 4 rings (SSSR count). The number of nitrogens with zero attached hydrogens (tertiary/aromatic N) is 3. The Labute approximate surface area is 183 Å². The lowest BCUT2D eigenvalue weighted by Crippen LogP contribution is -2.34. The SMILES string of the molecule is O=C(Nc1cc(C(F)(F)F)cc(C(F)(F)F)c1)N1CCCC1c1nc(-c2ccccc2)no1. The molecule has 174 valence electrons. The second kappa shape index (κ2) is 8.41. The van der Waals surface area contributed by atoms with Gasteiger partial charge in [0.05, 0.1) is 11.1 Å². The van der Waals surface area contributed by atoms with E-state index in [1.54, 1.807) is 24.3 Å². The summed E-state index contributed by atoms with van der Waals surface area (Å²) in [6.45, 7) is 0.213. The number of rotatable bonds is 3. The molecule has 1 aliphatic rings. The second-order valence-electron chi connectivity index (χ2n) is 7.40. The van der Waals surface area contributed by atoms with Gasteiger partial charge in [-0.2, -0.15) is 31.3 Å². The van der Waals surface area contributed by atoms with Crippen molar-refractivity contribution in [3.63, 3.8) is 0 Å². The predicted octanol–water partition coefficient (Wildman–Crippen LogP) is 6.14. The molecule has 0 aliphatic carbocycles. The van der Waals surface area contributed by atoms with Crippen molar-refractivity contribution in [2.45, 2.75) is 31.2 Å². The number of alkyl halides is 6. The van der Waals surface area contributed by atoms with Crippen LogP contribution in [0.5, 0.6) is 0 Å². The summed E-state index contributed by atoms with van der Waals surface area (Å²) in [7, 11) is 0. The number of likely N-dealkylation sites (tertiary alicyclic amines) is 1. The first-order valence-corrected chi connectivity index (χ1v) is 9.78. The fourth-order valence-electron chi connectivity index (χ4n) is 3.56. The molecule has 1 atom stereocenters. The van der Waals surface area contributed by atoms with Crippen molar-refractivity contribution in [1.82, 2.24) is 15.0 Å². The Kier molecular flexibility index (Phi) is 5.76. The van der Waals surface area contributed by atoms with Crippen molar-refractivity contribution in [2.24, 2.45) is 0 Å². The molecule has 1 fully saturated rings. The quantitative estimate of drug-likeness (QED) is 0.467. The van der Waals surface area contributed by atoms with E-state index < -0.39 is 41.2 Å². The van der Waals surface area contributed by atoms with Crippen LogP contribution in [0.4, 0.5) is 36.8 Å². The highest BCUT2D eigenvalue weighted by atomic mass is 19.4. The van der Waals surface area contributed by atoms with Crippen LogP contribution >= 0.6 is 0 Å². The first-order chi connectivity index (χ1) is 15.5. The maximum atomic E-state index is 13.1. The van der Waals surface area contributed by atoms with Crippen LogP contribution < -0.4 is 5.32 Å². The molecule has 1 aromatic heterocycles. The lowest BCUT2D eigenvalue weighted by molar-refractivity contribution is -0.143. The largest absolute Gasteiger partial charge is 0.416 e. The van der Waals surface area contributed by atoms with E-state index in [9.17, 15) is 31.1 Å². The Hall–Kier alpha value is -3.57. The van der Waals surface area contributed by atoms with Gasteiger partial charge in [-0.05, 0) is 31.0 Å². The van der Waals surface area contributed by atoms with E-state index in [2.05, 4.69) is 15.5 Å². The van der Waals surface area contributed by atoms with Crippen LogP contribution in [0.3, 0.4) is 0 Å². The third kappa shape index (κ3) is 4.94. The monoisotopic (exact) mass is 470 g/mol. The summed E-state index contributed by atoms with van der Waals surface area (Å²) < 4.78 is 83.8. The topological polar surface area (TPSA) is 71.3 Å². The van der Waals surface area contributed by atoms with Gasteiger partial charge in [-0.1, -0.05) is 35.5 Å². The maximum absolute atomic E-state index is 13.1. The molecule has 1 unspecified atom stereocenters. The zero-order valence-electron chi connectivity index (χ0n) is 16.7. The number of benzene rings is 2. The van der Waals surface area contributed by atoms with Gasteiger partial charge < -0.3 is 14.7 Å². The van der Waals surface area contributed by atoms with E-state index in [0.29, 0.717) is 36.4 Å². The van der Waals surface area contributed by atoms with Gasteiger partial charge in [-0.15, -0.1) is 0 Å². The third-order valence-electron chi connectivity index (χ3n) is 5.11. The molecule has 1 N–H and O–H groups in total. The number of aromatic nitrogens is 2. The highest BCUT2D eigenvalue weighted by molar-refractivity contribution is 5.90. The molecule has 6 nitrogen and oxygen atoms in total. The summed E-state index contributed by atoms with van der Waals surface area (Å²) in [5, 5.41) is 6.04. The molecule has 0 saturated carbocycles. The van der Waals surface area contributed by atoms with Crippen LogP contribution in [0.25, 0.3) is 11.4 Å². The van der Waals surface area contributed by atoms with Gasteiger partial charge in [-0.3, -0.25) is 0 Å². The van der Waals surface area contributed by atoms with E-state index in [0.717, 1.165) is 0 Å². The zero-order valence-corrected chi connectivity index (χ0v) is 16.7. The van der Waals surface area contributed by atoms with Crippen molar-refractivity contribution < 1.29 is 35.7 Å². The number of halogens is 6. The fourth-order valence-corrected chi connectivity index (χ4v) is 3.56. The first kappa shape index (κ1) is 22.6. The number of amides is 2.